The molecule has 0 radical (unpaired) electrons. The highest BCUT2D eigenvalue weighted by atomic mass is 79.9. The minimum atomic E-state index is -0.496. The summed E-state index contributed by atoms with van der Waals surface area (Å²) in [5.41, 5.74) is 2.21. The van der Waals surface area contributed by atoms with E-state index in [0.29, 0.717) is 33.8 Å². The minimum absolute atomic E-state index is 0.0326. The van der Waals surface area contributed by atoms with Crippen molar-refractivity contribution in [2.24, 2.45) is 0 Å². The molecule has 3 rings (SSSR count). The van der Waals surface area contributed by atoms with E-state index in [-0.39, 0.29) is 5.57 Å². The molecule has 1 amide bonds. The molecule has 0 saturated carbocycles. The summed E-state index contributed by atoms with van der Waals surface area (Å²) in [5.74, 6) is 0.535. The van der Waals surface area contributed by atoms with Crippen LogP contribution in [0.1, 0.15) is 11.1 Å². The highest BCUT2D eigenvalue weighted by molar-refractivity contribution is 9.10. The second-order valence-corrected chi connectivity index (χ2v) is 8.21. The molecule has 0 fully saturated rings. The Morgan fingerprint density at radius 1 is 1.10 bits per heavy atom. The van der Waals surface area contributed by atoms with Crippen molar-refractivity contribution in [3.63, 3.8) is 0 Å². The van der Waals surface area contributed by atoms with Crippen molar-refractivity contribution < 1.29 is 14.3 Å². The summed E-state index contributed by atoms with van der Waals surface area (Å²) in [5, 5.41) is 12.2. The molecule has 0 atom stereocenters. The predicted octanol–water partition coefficient (Wildman–Crippen LogP) is 6.34. The third-order valence-electron chi connectivity index (χ3n) is 4.26. The number of rotatable bonds is 7. The molecule has 0 saturated heterocycles. The molecule has 0 spiro atoms. The number of ether oxygens (including phenoxy) is 2. The first-order chi connectivity index (χ1) is 15.0. The van der Waals surface area contributed by atoms with Crippen LogP contribution in [0, 0.1) is 11.3 Å². The number of carbonyl (C=O) groups excluding carboxylic acids is 1. The molecule has 156 valence electrons. The number of halogens is 2. The Hall–Kier alpha value is -3.08. The molecule has 0 aromatic heterocycles. The lowest BCUT2D eigenvalue weighted by atomic mass is 10.1. The van der Waals surface area contributed by atoms with Crippen LogP contribution in [0.3, 0.4) is 0 Å². The molecular weight excluding hydrogens is 524 g/mol. The molecule has 0 unspecified atom stereocenters. The van der Waals surface area contributed by atoms with Crippen molar-refractivity contribution in [1.82, 2.24) is 0 Å². The zero-order valence-corrected chi connectivity index (χ0v) is 19.7. The molecule has 0 bridgehead atoms. The van der Waals surface area contributed by atoms with E-state index in [1.54, 1.807) is 24.3 Å². The van der Waals surface area contributed by atoms with E-state index in [2.05, 4.69) is 37.2 Å². The van der Waals surface area contributed by atoms with Gasteiger partial charge in [0.15, 0.2) is 11.5 Å². The van der Waals surface area contributed by atoms with Crippen LogP contribution in [0.5, 0.6) is 11.5 Å². The first-order valence-electron chi connectivity index (χ1n) is 9.23. The van der Waals surface area contributed by atoms with Crippen molar-refractivity contribution in [3.8, 4) is 17.6 Å². The number of anilines is 1. The van der Waals surface area contributed by atoms with Crippen molar-refractivity contribution in [2.45, 2.75) is 6.61 Å². The van der Waals surface area contributed by atoms with Crippen LogP contribution >= 0.6 is 31.9 Å². The first-order valence-corrected chi connectivity index (χ1v) is 10.8. The van der Waals surface area contributed by atoms with Crippen LogP contribution in [0.2, 0.25) is 0 Å². The van der Waals surface area contributed by atoms with E-state index in [9.17, 15) is 10.1 Å². The highest BCUT2D eigenvalue weighted by Gasteiger charge is 2.14. The average molecular weight is 542 g/mol. The predicted molar refractivity (Wildman–Crippen MR) is 128 cm³/mol. The maximum Gasteiger partial charge on any atom is 0.266 e. The van der Waals surface area contributed by atoms with Crippen LogP contribution in [0.15, 0.2) is 81.2 Å². The maximum absolute atomic E-state index is 12.5. The topological polar surface area (TPSA) is 71.3 Å². The van der Waals surface area contributed by atoms with E-state index >= 15 is 0 Å². The van der Waals surface area contributed by atoms with Gasteiger partial charge in [0.2, 0.25) is 0 Å². The minimum Gasteiger partial charge on any atom is -0.493 e. The molecule has 0 aliphatic carbocycles. The Kier molecular flexibility index (Phi) is 7.88. The Balaban J connectivity index is 1.81. The number of nitrogens with one attached hydrogen (secondary N) is 1. The van der Waals surface area contributed by atoms with Gasteiger partial charge in [-0.2, -0.15) is 5.26 Å². The van der Waals surface area contributed by atoms with Crippen LogP contribution in [0.4, 0.5) is 5.69 Å². The highest BCUT2D eigenvalue weighted by Crippen LogP contribution is 2.37. The quantitative estimate of drug-likeness (QED) is 0.279. The zero-order valence-electron chi connectivity index (χ0n) is 16.6. The fourth-order valence-corrected chi connectivity index (χ4v) is 3.58. The van der Waals surface area contributed by atoms with Crippen molar-refractivity contribution >= 4 is 49.5 Å². The second-order valence-electron chi connectivity index (χ2n) is 6.44. The first kappa shape index (κ1) is 22.6. The maximum atomic E-state index is 12.5. The normalized spacial score (nSPS) is 10.8. The summed E-state index contributed by atoms with van der Waals surface area (Å²) in [4.78, 5) is 12.5. The van der Waals surface area contributed by atoms with Crippen LogP contribution < -0.4 is 14.8 Å². The molecule has 3 aromatic rings. The van der Waals surface area contributed by atoms with Gasteiger partial charge < -0.3 is 14.8 Å². The molecule has 0 heterocycles. The number of benzene rings is 3. The molecule has 5 nitrogen and oxygen atoms in total. The fraction of sp³-hybridized carbons (Fsp3) is 0.0833. The van der Waals surface area contributed by atoms with E-state index in [4.69, 9.17) is 9.47 Å². The van der Waals surface area contributed by atoms with E-state index in [0.717, 1.165) is 10.0 Å². The third-order valence-corrected chi connectivity index (χ3v) is 5.37. The van der Waals surface area contributed by atoms with Gasteiger partial charge in [-0.15, -0.1) is 0 Å². The van der Waals surface area contributed by atoms with Crippen LogP contribution in [-0.4, -0.2) is 13.0 Å². The van der Waals surface area contributed by atoms with Gasteiger partial charge in [0, 0.05) is 10.2 Å². The average Bonchev–Trinajstić information content (AvgIpc) is 2.78. The lowest BCUT2D eigenvalue weighted by molar-refractivity contribution is -0.112. The number of hydrogen-bond acceptors (Lipinski definition) is 4. The van der Waals surface area contributed by atoms with Gasteiger partial charge in [0.05, 0.1) is 11.6 Å². The van der Waals surface area contributed by atoms with E-state index in [1.165, 1.54) is 13.2 Å². The number of hydrogen-bond donors (Lipinski definition) is 1. The molecule has 7 heteroatoms. The summed E-state index contributed by atoms with van der Waals surface area (Å²) in [6, 6.07) is 22.3. The van der Waals surface area contributed by atoms with Gasteiger partial charge in [-0.25, -0.2) is 0 Å². The molecule has 1 N–H and O–H groups in total. The van der Waals surface area contributed by atoms with Gasteiger partial charge >= 0.3 is 0 Å². The van der Waals surface area contributed by atoms with Crippen LogP contribution in [-0.2, 0) is 11.4 Å². The monoisotopic (exact) mass is 540 g/mol. The number of nitrogens with zero attached hydrogens (tertiary/aromatic N) is 1. The number of methoxy groups -OCH3 is 1. The molecule has 0 aliphatic rings. The molecule has 0 aliphatic heterocycles. The fourth-order valence-electron chi connectivity index (χ4n) is 2.74. The summed E-state index contributed by atoms with van der Waals surface area (Å²) < 4.78 is 12.9. The van der Waals surface area contributed by atoms with Crippen molar-refractivity contribution in [1.29, 1.82) is 5.26 Å². The lowest BCUT2D eigenvalue weighted by Crippen LogP contribution is -2.13. The van der Waals surface area contributed by atoms with Crippen molar-refractivity contribution in [3.05, 3.63) is 92.4 Å². The van der Waals surface area contributed by atoms with E-state index < -0.39 is 5.91 Å². The smallest absolute Gasteiger partial charge is 0.266 e. The molecule has 31 heavy (non-hydrogen) atoms. The Morgan fingerprint density at radius 3 is 2.45 bits per heavy atom. The summed E-state index contributed by atoms with van der Waals surface area (Å²) in [7, 11) is 1.54. The molecular formula is C24H18Br2N2O3. The zero-order chi connectivity index (χ0) is 22.2. The Labute approximate surface area is 197 Å². The Morgan fingerprint density at radius 2 is 1.81 bits per heavy atom. The number of amides is 1. The van der Waals surface area contributed by atoms with Crippen LogP contribution in [0.25, 0.3) is 6.08 Å². The van der Waals surface area contributed by atoms with Gasteiger partial charge in [-0.05, 0) is 69.5 Å². The second kappa shape index (κ2) is 10.8. The van der Waals surface area contributed by atoms with Gasteiger partial charge in [-0.3, -0.25) is 4.79 Å². The molecule has 3 aromatic carbocycles. The standard InChI is InChI=1S/C24H18Br2N2O3/c1-30-22-13-17(12-21(26)23(22)31-15-16-5-3-2-4-6-16)11-18(14-27)24(29)28-20-9-7-19(25)8-10-20/h2-13H,15H2,1H3,(H,28,29)/b18-11-. The van der Waals surface area contributed by atoms with Gasteiger partial charge in [0.25, 0.3) is 5.91 Å². The van der Waals surface area contributed by atoms with Gasteiger partial charge in [0.1, 0.15) is 18.2 Å². The van der Waals surface area contributed by atoms with Gasteiger partial charge in [-0.1, -0.05) is 46.3 Å². The SMILES string of the molecule is COc1cc(/C=C(/C#N)C(=O)Nc2ccc(Br)cc2)cc(Br)c1OCc1ccccc1. The summed E-state index contributed by atoms with van der Waals surface area (Å²) >= 11 is 6.85. The third kappa shape index (κ3) is 6.20. The van der Waals surface area contributed by atoms with Crippen molar-refractivity contribution in [2.75, 3.05) is 12.4 Å². The largest absolute Gasteiger partial charge is 0.493 e. The van der Waals surface area contributed by atoms with E-state index in [1.807, 2.05) is 48.5 Å². The number of carbonyl (C=O) groups is 1. The summed E-state index contributed by atoms with van der Waals surface area (Å²) in [6.45, 7) is 0.379. The lowest BCUT2D eigenvalue weighted by Gasteiger charge is -2.14. The summed E-state index contributed by atoms with van der Waals surface area (Å²) in [6.07, 6.45) is 1.50. The number of nitriles is 1. The Bertz CT molecular complexity index is 1140.